The zero-order valence-electron chi connectivity index (χ0n) is 10.5. The van der Waals surface area contributed by atoms with Crippen LogP contribution in [0.15, 0.2) is 0 Å². The van der Waals surface area contributed by atoms with Crippen LogP contribution in [0.1, 0.15) is 12.8 Å². The van der Waals surface area contributed by atoms with Crippen LogP contribution in [0.3, 0.4) is 0 Å². The van der Waals surface area contributed by atoms with E-state index in [1.54, 1.807) is 0 Å². The number of nitrogens with one attached hydrogen (secondary N) is 1. The van der Waals surface area contributed by atoms with Crippen molar-refractivity contribution in [1.29, 1.82) is 0 Å². The van der Waals surface area contributed by atoms with Gasteiger partial charge in [0.15, 0.2) is 0 Å². The Kier molecular flexibility index (Phi) is 5.13. The molecule has 1 atom stereocenters. The van der Waals surface area contributed by atoms with Gasteiger partial charge in [-0.05, 0) is 25.8 Å². The summed E-state index contributed by atoms with van der Waals surface area (Å²) in [5, 5.41) is 3.12. The summed E-state index contributed by atoms with van der Waals surface area (Å²) in [5.74, 6) is 2.88. The largest absolute Gasteiger partial charge is 0.381 e. The van der Waals surface area contributed by atoms with Gasteiger partial charge in [0.2, 0.25) is 5.91 Å². The van der Waals surface area contributed by atoms with Gasteiger partial charge in [0.1, 0.15) is 0 Å². The molecule has 0 bridgehead atoms. The second kappa shape index (κ2) is 6.61. The van der Waals surface area contributed by atoms with Crippen LogP contribution in [0.25, 0.3) is 0 Å². The molecule has 2 heterocycles. The SMILES string of the molecule is CNC1CSCCN(CC2CCOCC2)C1=O. The van der Waals surface area contributed by atoms with E-state index in [2.05, 4.69) is 10.2 Å². The van der Waals surface area contributed by atoms with E-state index in [9.17, 15) is 4.79 Å². The Balaban J connectivity index is 1.90. The van der Waals surface area contributed by atoms with Gasteiger partial charge in [0.25, 0.3) is 0 Å². The van der Waals surface area contributed by atoms with Gasteiger partial charge in [0.05, 0.1) is 6.04 Å². The Hall–Kier alpha value is -0.260. The van der Waals surface area contributed by atoms with Gasteiger partial charge < -0.3 is 15.0 Å². The van der Waals surface area contributed by atoms with Gasteiger partial charge in [-0.25, -0.2) is 0 Å². The zero-order valence-corrected chi connectivity index (χ0v) is 11.3. The lowest BCUT2D eigenvalue weighted by atomic mass is 9.99. The number of ether oxygens (including phenoxy) is 1. The fourth-order valence-electron chi connectivity index (χ4n) is 2.41. The third kappa shape index (κ3) is 3.60. The van der Waals surface area contributed by atoms with Gasteiger partial charge in [0, 0.05) is 37.8 Å². The predicted molar refractivity (Wildman–Crippen MR) is 70.3 cm³/mol. The number of hydrogen-bond acceptors (Lipinski definition) is 4. The third-order valence-corrected chi connectivity index (χ3v) is 4.61. The summed E-state index contributed by atoms with van der Waals surface area (Å²) < 4.78 is 5.36. The first-order valence-electron chi connectivity index (χ1n) is 6.43. The molecule has 2 fully saturated rings. The van der Waals surface area contributed by atoms with E-state index in [0.29, 0.717) is 5.92 Å². The van der Waals surface area contributed by atoms with Gasteiger partial charge in [-0.2, -0.15) is 11.8 Å². The minimum absolute atomic E-state index is 0.00217. The molecule has 98 valence electrons. The minimum atomic E-state index is 0.00217. The van der Waals surface area contributed by atoms with Crippen molar-refractivity contribution in [3.05, 3.63) is 0 Å². The summed E-state index contributed by atoms with van der Waals surface area (Å²) in [6, 6.07) is 0.00217. The van der Waals surface area contributed by atoms with Crippen LogP contribution in [0, 0.1) is 5.92 Å². The molecule has 1 amide bonds. The number of likely N-dealkylation sites (N-methyl/N-ethyl adjacent to an activating group) is 1. The summed E-state index contributed by atoms with van der Waals surface area (Å²) in [4.78, 5) is 14.3. The minimum Gasteiger partial charge on any atom is -0.381 e. The van der Waals surface area contributed by atoms with E-state index in [1.807, 2.05) is 18.8 Å². The molecule has 2 aliphatic rings. The van der Waals surface area contributed by atoms with Gasteiger partial charge >= 0.3 is 0 Å². The molecule has 4 nitrogen and oxygen atoms in total. The number of rotatable bonds is 3. The van der Waals surface area contributed by atoms with E-state index in [-0.39, 0.29) is 11.9 Å². The van der Waals surface area contributed by atoms with E-state index >= 15 is 0 Å². The fraction of sp³-hybridized carbons (Fsp3) is 0.917. The molecule has 0 spiro atoms. The summed E-state index contributed by atoms with van der Waals surface area (Å²) >= 11 is 1.87. The molecular weight excluding hydrogens is 236 g/mol. The molecular formula is C12H22N2O2S. The Morgan fingerprint density at radius 1 is 1.47 bits per heavy atom. The summed E-state index contributed by atoms with van der Waals surface area (Å²) in [6.07, 6.45) is 2.20. The maximum absolute atomic E-state index is 12.3. The molecule has 1 unspecified atom stereocenters. The van der Waals surface area contributed by atoms with Crippen LogP contribution >= 0.6 is 11.8 Å². The van der Waals surface area contributed by atoms with E-state index in [4.69, 9.17) is 4.74 Å². The highest BCUT2D eigenvalue weighted by atomic mass is 32.2. The number of carbonyl (C=O) groups excluding carboxylic acids is 1. The van der Waals surface area contributed by atoms with Crippen LogP contribution in [0.5, 0.6) is 0 Å². The van der Waals surface area contributed by atoms with Gasteiger partial charge in [-0.3, -0.25) is 4.79 Å². The molecule has 2 rings (SSSR count). The van der Waals surface area contributed by atoms with Crippen molar-refractivity contribution in [3.63, 3.8) is 0 Å². The Morgan fingerprint density at radius 2 is 2.24 bits per heavy atom. The average molecular weight is 258 g/mol. The number of thioether (sulfide) groups is 1. The number of hydrogen-bond donors (Lipinski definition) is 1. The average Bonchev–Trinajstić information content (AvgIpc) is 2.54. The summed E-state index contributed by atoms with van der Waals surface area (Å²) in [7, 11) is 1.88. The lowest BCUT2D eigenvalue weighted by Crippen LogP contribution is -2.47. The Morgan fingerprint density at radius 3 is 2.94 bits per heavy atom. The molecule has 17 heavy (non-hydrogen) atoms. The molecule has 5 heteroatoms. The standard InChI is InChI=1S/C12H22N2O2S/c1-13-11-9-17-7-4-14(12(11)15)8-10-2-5-16-6-3-10/h10-11,13H,2-9H2,1H3. The summed E-state index contributed by atoms with van der Waals surface area (Å²) in [6.45, 7) is 3.54. The number of amides is 1. The Bertz CT molecular complexity index is 257. The van der Waals surface area contributed by atoms with Crippen LogP contribution in [0.4, 0.5) is 0 Å². The van der Waals surface area contributed by atoms with Crippen LogP contribution < -0.4 is 5.32 Å². The lowest BCUT2D eigenvalue weighted by molar-refractivity contribution is -0.133. The van der Waals surface area contributed by atoms with Crippen molar-refractivity contribution in [1.82, 2.24) is 10.2 Å². The van der Waals surface area contributed by atoms with Gasteiger partial charge in [-0.15, -0.1) is 0 Å². The van der Waals surface area contributed by atoms with E-state index in [0.717, 1.165) is 50.7 Å². The summed E-state index contributed by atoms with van der Waals surface area (Å²) in [5.41, 5.74) is 0. The van der Waals surface area contributed by atoms with Crippen LogP contribution in [-0.2, 0) is 9.53 Å². The molecule has 0 radical (unpaired) electrons. The second-order valence-corrected chi connectivity index (χ2v) is 5.91. The molecule has 2 aliphatic heterocycles. The maximum Gasteiger partial charge on any atom is 0.240 e. The molecule has 0 aliphatic carbocycles. The van der Waals surface area contributed by atoms with E-state index < -0.39 is 0 Å². The van der Waals surface area contributed by atoms with Crippen molar-refractivity contribution >= 4 is 17.7 Å². The number of nitrogens with zero attached hydrogens (tertiary/aromatic N) is 1. The smallest absolute Gasteiger partial charge is 0.240 e. The first kappa shape index (κ1) is 13.2. The maximum atomic E-state index is 12.3. The van der Waals surface area contributed by atoms with Crippen LogP contribution in [0.2, 0.25) is 0 Å². The number of carbonyl (C=O) groups is 1. The van der Waals surface area contributed by atoms with Crippen molar-refractivity contribution in [2.45, 2.75) is 18.9 Å². The van der Waals surface area contributed by atoms with Crippen molar-refractivity contribution in [2.75, 3.05) is 44.9 Å². The van der Waals surface area contributed by atoms with Crippen molar-refractivity contribution in [2.24, 2.45) is 5.92 Å². The lowest BCUT2D eigenvalue weighted by Gasteiger charge is -2.30. The zero-order chi connectivity index (χ0) is 12.1. The van der Waals surface area contributed by atoms with Crippen molar-refractivity contribution < 1.29 is 9.53 Å². The fourth-order valence-corrected chi connectivity index (χ4v) is 3.47. The third-order valence-electron chi connectivity index (χ3n) is 3.57. The highest BCUT2D eigenvalue weighted by molar-refractivity contribution is 7.99. The van der Waals surface area contributed by atoms with Gasteiger partial charge in [-0.1, -0.05) is 0 Å². The highest BCUT2D eigenvalue weighted by Gasteiger charge is 2.28. The first-order valence-corrected chi connectivity index (χ1v) is 7.58. The molecule has 0 aromatic carbocycles. The van der Waals surface area contributed by atoms with E-state index in [1.165, 1.54) is 0 Å². The molecule has 0 saturated carbocycles. The molecule has 0 aromatic rings. The Labute approximate surface area is 107 Å². The molecule has 1 N–H and O–H groups in total. The second-order valence-electron chi connectivity index (χ2n) is 4.76. The van der Waals surface area contributed by atoms with Crippen molar-refractivity contribution in [3.8, 4) is 0 Å². The molecule has 2 saturated heterocycles. The molecule has 0 aromatic heterocycles. The predicted octanol–water partition coefficient (Wildman–Crippen LogP) is 0.576. The normalized spacial score (nSPS) is 28.2. The quantitative estimate of drug-likeness (QED) is 0.804. The first-order chi connectivity index (χ1) is 8.31. The topological polar surface area (TPSA) is 41.6 Å². The monoisotopic (exact) mass is 258 g/mol. The van der Waals surface area contributed by atoms with Crippen LogP contribution in [-0.4, -0.2) is 61.7 Å². The highest BCUT2D eigenvalue weighted by Crippen LogP contribution is 2.19.